The Hall–Kier alpha value is -2.21. The van der Waals surface area contributed by atoms with Crippen LogP contribution in [0.1, 0.15) is 30.1 Å². The fourth-order valence-corrected chi connectivity index (χ4v) is 2.92. The van der Waals surface area contributed by atoms with Crippen LogP contribution >= 0.6 is 0 Å². The number of rotatable bonds is 4. The van der Waals surface area contributed by atoms with Gasteiger partial charge in [-0.3, -0.25) is 14.0 Å². The largest absolute Gasteiger partial charge is 0.334 e. The Morgan fingerprint density at radius 3 is 3.09 bits per heavy atom. The zero-order valence-electron chi connectivity index (χ0n) is 12.7. The second-order valence-electron chi connectivity index (χ2n) is 5.55. The summed E-state index contributed by atoms with van der Waals surface area (Å²) in [5, 5.41) is 3.27. The maximum absolute atomic E-state index is 12.8. The van der Waals surface area contributed by atoms with Gasteiger partial charge in [-0.05, 0) is 31.5 Å². The van der Waals surface area contributed by atoms with Crippen molar-refractivity contribution >= 4 is 11.6 Å². The van der Waals surface area contributed by atoms with Crippen LogP contribution in [0.25, 0.3) is 5.65 Å². The van der Waals surface area contributed by atoms with Gasteiger partial charge < -0.3 is 10.2 Å². The lowest BCUT2D eigenvalue weighted by Crippen LogP contribution is -2.44. The number of aromatic nitrogens is 2. The molecule has 1 N–H and O–H groups in total. The van der Waals surface area contributed by atoms with E-state index in [1.807, 2.05) is 17.9 Å². The monoisotopic (exact) mass is 300 g/mol. The van der Waals surface area contributed by atoms with Crippen molar-refractivity contribution in [3.8, 4) is 0 Å². The van der Waals surface area contributed by atoms with Gasteiger partial charge in [0.25, 0.3) is 11.5 Å². The van der Waals surface area contributed by atoms with E-state index in [0.29, 0.717) is 12.2 Å². The van der Waals surface area contributed by atoms with Crippen molar-refractivity contribution in [3.05, 3.63) is 46.5 Å². The number of amides is 1. The molecule has 22 heavy (non-hydrogen) atoms. The van der Waals surface area contributed by atoms with Gasteiger partial charge in [-0.25, -0.2) is 4.98 Å². The van der Waals surface area contributed by atoms with Crippen LogP contribution in [-0.4, -0.2) is 45.9 Å². The van der Waals surface area contributed by atoms with Crippen molar-refractivity contribution in [2.24, 2.45) is 0 Å². The zero-order valence-corrected chi connectivity index (χ0v) is 12.7. The standard InChI is InChI=1S/C16H20N4O2/c1-2-8-19(12-6-7-17-10-12)15(21)13-11-18-14-5-3-4-9-20(14)16(13)22/h3-5,9,11-12,17H,2,6-8,10H2,1H3. The van der Waals surface area contributed by atoms with E-state index in [2.05, 4.69) is 10.3 Å². The summed E-state index contributed by atoms with van der Waals surface area (Å²) >= 11 is 0. The van der Waals surface area contributed by atoms with E-state index in [-0.39, 0.29) is 23.1 Å². The van der Waals surface area contributed by atoms with E-state index in [4.69, 9.17) is 0 Å². The van der Waals surface area contributed by atoms with Gasteiger partial charge in [-0.15, -0.1) is 0 Å². The van der Waals surface area contributed by atoms with Gasteiger partial charge in [-0.1, -0.05) is 13.0 Å². The van der Waals surface area contributed by atoms with Crippen LogP contribution in [-0.2, 0) is 0 Å². The minimum atomic E-state index is -0.303. The molecule has 1 aliphatic heterocycles. The van der Waals surface area contributed by atoms with Gasteiger partial charge in [0.1, 0.15) is 11.2 Å². The topological polar surface area (TPSA) is 66.7 Å². The first-order valence-electron chi connectivity index (χ1n) is 7.70. The molecule has 6 nitrogen and oxygen atoms in total. The highest BCUT2D eigenvalue weighted by molar-refractivity contribution is 5.94. The molecule has 1 amide bonds. The molecular formula is C16H20N4O2. The molecule has 0 aromatic carbocycles. The minimum Gasteiger partial charge on any atom is -0.334 e. The van der Waals surface area contributed by atoms with E-state index < -0.39 is 0 Å². The van der Waals surface area contributed by atoms with Crippen molar-refractivity contribution in [1.29, 1.82) is 0 Å². The molecule has 1 atom stereocenters. The van der Waals surface area contributed by atoms with Gasteiger partial charge in [0.2, 0.25) is 0 Å². The maximum atomic E-state index is 12.8. The molecule has 0 radical (unpaired) electrons. The summed E-state index contributed by atoms with van der Waals surface area (Å²) in [5.41, 5.74) is 0.389. The van der Waals surface area contributed by atoms with Crippen LogP contribution in [0.15, 0.2) is 35.4 Å². The molecule has 1 unspecified atom stereocenters. The molecule has 0 spiro atoms. The summed E-state index contributed by atoms with van der Waals surface area (Å²) < 4.78 is 1.42. The summed E-state index contributed by atoms with van der Waals surface area (Å²) in [7, 11) is 0. The lowest BCUT2D eigenvalue weighted by Gasteiger charge is -2.28. The van der Waals surface area contributed by atoms with E-state index in [1.165, 1.54) is 10.6 Å². The number of carbonyl (C=O) groups is 1. The first kappa shape index (κ1) is 14.7. The summed E-state index contributed by atoms with van der Waals surface area (Å²) in [6, 6.07) is 5.48. The molecule has 0 saturated carbocycles. The fraction of sp³-hybridized carbons (Fsp3) is 0.438. The summed E-state index contributed by atoms with van der Waals surface area (Å²) in [5.74, 6) is -0.216. The van der Waals surface area contributed by atoms with E-state index >= 15 is 0 Å². The third kappa shape index (κ3) is 2.62. The first-order valence-corrected chi connectivity index (χ1v) is 7.70. The van der Waals surface area contributed by atoms with Gasteiger partial charge in [0.15, 0.2) is 0 Å². The number of nitrogens with zero attached hydrogens (tertiary/aromatic N) is 3. The number of carbonyl (C=O) groups excluding carboxylic acids is 1. The Morgan fingerprint density at radius 1 is 1.50 bits per heavy atom. The van der Waals surface area contributed by atoms with Gasteiger partial charge >= 0.3 is 0 Å². The number of pyridine rings is 1. The van der Waals surface area contributed by atoms with Crippen molar-refractivity contribution < 1.29 is 4.79 Å². The highest BCUT2D eigenvalue weighted by Crippen LogP contribution is 2.12. The van der Waals surface area contributed by atoms with Crippen molar-refractivity contribution in [2.45, 2.75) is 25.8 Å². The average Bonchev–Trinajstić information content (AvgIpc) is 3.07. The molecule has 0 aliphatic carbocycles. The Labute approximate surface area is 128 Å². The predicted molar refractivity (Wildman–Crippen MR) is 84.1 cm³/mol. The molecule has 3 rings (SSSR count). The van der Waals surface area contributed by atoms with Crippen molar-refractivity contribution in [2.75, 3.05) is 19.6 Å². The Bertz CT molecular complexity index is 734. The van der Waals surface area contributed by atoms with Crippen LogP contribution in [0.4, 0.5) is 0 Å². The quantitative estimate of drug-likeness (QED) is 0.911. The Kier molecular flexibility index (Phi) is 4.20. The third-order valence-electron chi connectivity index (χ3n) is 4.04. The molecular weight excluding hydrogens is 280 g/mol. The maximum Gasteiger partial charge on any atom is 0.270 e. The lowest BCUT2D eigenvalue weighted by atomic mass is 10.1. The second kappa shape index (κ2) is 6.27. The van der Waals surface area contributed by atoms with Gasteiger partial charge in [-0.2, -0.15) is 0 Å². The van der Waals surface area contributed by atoms with Crippen molar-refractivity contribution in [1.82, 2.24) is 19.6 Å². The smallest absolute Gasteiger partial charge is 0.270 e. The van der Waals surface area contributed by atoms with Crippen LogP contribution in [0.3, 0.4) is 0 Å². The Morgan fingerprint density at radius 2 is 2.36 bits per heavy atom. The average molecular weight is 300 g/mol. The summed E-state index contributed by atoms with van der Waals surface area (Å²) in [6.07, 6.45) is 4.84. The lowest BCUT2D eigenvalue weighted by molar-refractivity contribution is 0.0690. The fourth-order valence-electron chi connectivity index (χ4n) is 2.92. The molecule has 3 heterocycles. The molecule has 116 valence electrons. The Balaban J connectivity index is 1.99. The normalized spacial score (nSPS) is 17.8. The van der Waals surface area contributed by atoms with Gasteiger partial charge in [0, 0.05) is 31.5 Å². The molecule has 6 heteroatoms. The second-order valence-corrected chi connectivity index (χ2v) is 5.55. The van der Waals surface area contributed by atoms with Crippen LogP contribution in [0.2, 0.25) is 0 Å². The number of hydrogen-bond donors (Lipinski definition) is 1. The molecule has 0 bridgehead atoms. The summed E-state index contributed by atoms with van der Waals surface area (Å²) in [4.78, 5) is 31.4. The van der Waals surface area contributed by atoms with Crippen LogP contribution in [0.5, 0.6) is 0 Å². The molecule has 2 aromatic heterocycles. The summed E-state index contributed by atoms with van der Waals surface area (Å²) in [6.45, 7) is 4.39. The van der Waals surface area contributed by atoms with E-state index in [1.54, 1.807) is 18.3 Å². The van der Waals surface area contributed by atoms with Crippen LogP contribution in [0, 0.1) is 0 Å². The number of hydrogen-bond acceptors (Lipinski definition) is 4. The van der Waals surface area contributed by atoms with Crippen LogP contribution < -0.4 is 10.9 Å². The first-order chi connectivity index (χ1) is 10.7. The zero-order chi connectivity index (χ0) is 15.5. The van der Waals surface area contributed by atoms with E-state index in [0.717, 1.165) is 25.9 Å². The van der Waals surface area contributed by atoms with Gasteiger partial charge in [0.05, 0.1) is 0 Å². The molecule has 1 aliphatic rings. The SMILES string of the molecule is CCCN(C(=O)c1cnc2ccccn2c1=O)C1CCNC1. The molecule has 2 aromatic rings. The molecule has 1 fully saturated rings. The minimum absolute atomic E-state index is 0.143. The highest BCUT2D eigenvalue weighted by atomic mass is 16.2. The predicted octanol–water partition coefficient (Wildman–Crippen LogP) is 0.909. The van der Waals surface area contributed by atoms with Crippen molar-refractivity contribution in [3.63, 3.8) is 0 Å². The molecule has 1 saturated heterocycles. The third-order valence-corrected chi connectivity index (χ3v) is 4.04. The van der Waals surface area contributed by atoms with E-state index in [9.17, 15) is 9.59 Å². The highest BCUT2D eigenvalue weighted by Gasteiger charge is 2.28. The number of fused-ring (bicyclic) bond motifs is 1. The number of nitrogens with one attached hydrogen (secondary N) is 1.